The molecule has 0 saturated carbocycles. The van der Waals surface area contributed by atoms with Crippen molar-refractivity contribution in [3.63, 3.8) is 0 Å². The van der Waals surface area contributed by atoms with Crippen LogP contribution in [0.5, 0.6) is 0 Å². The Morgan fingerprint density at radius 1 is 1.10 bits per heavy atom. The van der Waals surface area contributed by atoms with E-state index in [1.54, 1.807) is 14.2 Å². The minimum Gasteiger partial charge on any atom is -0.378 e. The van der Waals surface area contributed by atoms with E-state index in [-0.39, 0.29) is 18.0 Å². The molecule has 4 N–H and O–H groups in total. The van der Waals surface area contributed by atoms with Crippen LogP contribution in [0.3, 0.4) is 0 Å². The van der Waals surface area contributed by atoms with Crippen LogP contribution in [0, 0.1) is 10.8 Å². The van der Waals surface area contributed by atoms with Gasteiger partial charge >= 0.3 is 0 Å². The Labute approximate surface area is 181 Å². The number of methoxy groups -OCH3 is 2. The van der Waals surface area contributed by atoms with Gasteiger partial charge in [-0.25, -0.2) is 4.99 Å². The van der Waals surface area contributed by atoms with Gasteiger partial charge in [-0.15, -0.1) is 0 Å². The first-order valence-corrected chi connectivity index (χ1v) is 10.9. The molecule has 0 aromatic heterocycles. The molecule has 1 aromatic rings. The Morgan fingerprint density at radius 2 is 1.80 bits per heavy atom. The number of thioether (sulfide) groups is 1. The van der Waals surface area contributed by atoms with Crippen LogP contribution >= 0.6 is 11.8 Å². The monoisotopic (exact) mass is 425 g/mol. The predicted molar refractivity (Wildman–Crippen MR) is 121 cm³/mol. The summed E-state index contributed by atoms with van der Waals surface area (Å²) in [5.41, 5.74) is 4.15. The van der Waals surface area contributed by atoms with Crippen LogP contribution in [0.4, 0.5) is 0 Å². The van der Waals surface area contributed by atoms with Crippen LogP contribution < -0.4 is 10.6 Å². The number of nitrogens with one attached hydrogen (secondary N) is 4. The van der Waals surface area contributed by atoms with Crippen molar-refractivity contribution in [2.45, 2.75) is 37.9 Å². The van der Waals surface area contributed by atoms with Crippen LogP contribution in [-0.2, 0) is 15.9 Å². The Balaban J connectivity index is 1.41. The van der Waals surface area contributed by atoms with Crippen LogP contribution in [0.15, 0.2) is 57.1 Å². The van der Waals surface area contributed by atoms with E-state index in [1.807, 2.05) is 6.07 Å². The number of allylic oxidation sites excluding steroid dienone is 1. The molecule has 158 valence electrons. The SMILES string of the molecule is COC1CC2=C(CC1OC)/C(=C1\SC(NCCCc3ccccc3)=NC1=N)NC2=N. The quantitative estimate of drug-likeness (QED) is 0.524. The summed E-state index contributed by atoms with van der Waals surface area (Å²) in [5, 5.41) is 24.0. The maximum absolute atomic E-state index is 8.36. The van der Waals surface area contributed by atoms with Gasteiger partial charge in [-0.2, -0.15) is 0 Å². The average molecular weight is 426 g/mol. The summed E-state index contributed by atoms with van der Waals surface area (Å²) in [6.07, 6.45) is 3.17. The minimum atomic E-state index is -0.0611. The predicted octanol–water partition coefficient (Wildman–Crippen LogP) is 3.20. The van der Waals surface area contributed by atoms with E-state index in [2.05, 4.69) is 39.9 Å². The molecular weight excluding hydrogens is 398 g/mol. The second-order valence-electron chi connectivity index (χ2n) is 7.50. The molecule has 0 spiro atoms. The van der Waals surface area contributed by atoms with Crippen LogP contribution in [0.1, 0.15) is 24.8 Å². The smallest absolute Gasteiger partial charge is 0.168 e. The lowest BCUT2D eigenvalue weighted by Gasteiger charge is -2.30. The number of rotatable bonds is 6. The highest BCUT2D eigenvalue weighted by Crippen LogP contribution is 2.40. The van der Waals surface area contributed by atoms with Crippen molar-refractivity contribution in [3.05, 3.63) is 57.6 Å². The molecule has 1 aliphatic carbocycles. The first kappa shape index (κ1) is 20.8. The molecule has 4 rings (SSSR count). The summed E-state index contributed by atoms with van der Waals surface area (Å²) in [5.74, 6) is 0.624. The van der Waals surface area contributed by atoms with Gasteiger partial charge in [0, 0.05) is 39.2 Å². The van der Waals surface area contributed by atoms with Crippen LogP contribution in [-0.4, -0.2) is 49.8 Å². The fourth-order valence-corrected chi connectivity index (χ4v) is 4.98. The maximum atomic E-state index is 8.36. The van der Waals surface area contributed by atoms with E-state index < -0.39 is 0 Å². The van der Waals surface area contributed by atoms with Crippen molar-refractivity contribution < 1.29 is 9.47 Å². The zero-order valence-corrected chi connectivity index (χ0v) is 18.1. The fourth-order valence-electron chi connectivity index (χ4n) is 4.06. The molecule has 2 aliphatic heterocycles. The molecule has 0 bridgehead atoms. The lowest BCUT2D eigenvalue weighted by Crippen LogP contribution is -2.34. The van der Waals surface area contributed by atoms with Gasteiger partial charge in [0.1, 0.15) is 5.84 Å². The Kier molecular flexibility index (Phi) is 6.36. The highest BCUT2D eigenvalue weighted by molar-refractivity contribution is 8.18. The van der Waals surface area contributed by atoms with Gasteiger partial charge < -0.3 is 20.1 Å². The summed E-state index contributed by atoms with van der Waals surface area (Å²) in [4.78, 5) is 5.16. The summed E-state index contributed by atoms with van der Waals surface area (Å²) < 4.78 is 11.2. The zero-order valence-electron chi connectivity index (χ0n) is 17.2. The van der Waals surface area contributed by atoms with E-state index in [4.69, 9.17) is 20.3 Å². The molecule has 0 amide bonds. The molecular formula is C22H27N5O2S. The second-order valence-corrected chi connectivity index (χ2v) is 8.50. The third kappa shape index (κ3) is 4.21. The summed E-state index contributed by atoms with van der Waals surface area (Å²) in [6.45, 7) is 0.801. The highest BCUT2D eigenvalue weighted by atomic mass is 32.2. The molecule has 30 heavy (non-hydrogen) atoms. The van der Waals surface area contributed by atoms with Gasteiger partial charge in [-0.1, -0.05) is 30.3 Å². The number of hydrogen-bond donors (Lipinski definition) is 4. The number of nitrogens with zero attached hydrogens (tertiary/aromatic N) is 1. The molecule has 1 aromatic carbocycles. The lowest BCUT2D eigenvalue weighted by molar-refractivity contribution is -0.0380. The molecule has 2 heterocycles. The minimum absolute atomic E-state index is 0.0610. The first-order valence-electron chi connectivity index (χ1n) is 10.1. The van der Waals surface area contributed by atoms with Crippen molar-refractivity contribution in [3.8, 4) is 0 Å². The van der Waals surface area contributed by atoms with E-state index in [9.17, 15) is 0 Å². The van der Waals surface area contributed by atoms with Crippen molar-refractivity contribution >= 4 is 28.6 Å². The third-order valence-corrected chi connectivity index (χ3v) is 6.69. The average Bonchev–Trinajstić information content (AvgIpc) is 3.29. The van der Waals surface area contributed by atoms with Gasteiger partial charge in [0.15, 0.2) is 11.0 Å². The zero-order chi connectivity index (χ0) is 21.1. The molecule has 0 fully saturated rings. The number of hydrogen-bond acceptors (Lipinski definition) is 6. The molecule has 3 aliphatic rings. The molecule has 0 radical (unpaired) electrons. The van der Waals surface area contributed by atoms with Gasteiger partial charge in [0.2, 0.25) is 0 Å². The Bertz CT molecular complexity index is 938. The first-order chi connectivity index (χ1) is 14.6. The maximum Gasteiger partial charge on any atom is 0.168 e. The van der Waals surface area contributed by atoms with Crippen molar-refractivity contribution in [2.24, 2.45) is 4.99 Å². The van der Waals surface area contributed by atoms with E-state index in [0.717, 1.165) is 46.3 Å². The number of benzene rings is 1. The summed E-state index contributed by atoms with van der Waals surface area (Å²) in [7, 11) is 3.37. The molecule has 8 heteroatoms. The van der Waals surface area contributed by atoms with E-state index >= 15 is 0 Å². The standard InChI is InChI=1S/C22H27N5O2S/c1-28-16-11-14-15(12-17(16)29-2)20(23)26-18(14)19-21(24)27-22(30-19)25-10-6-9-13-7-4-3-5-8-13/h3-5,7-8,16-17H,6,9-12H2,1-2H3,(H2,23,26)(H2,24,25,27)/b19-18+. The fraction of sp³-hybridized carbons (Fsp3) is 0.409. The van der Waals surface area contributed by atoms with Crippen molar-refractivity contribution in [1.82, 2.24) is 10.6 Å². The Morgan fingerprint density at radius 3 is 2.50 bits per heavy atom. The Hall–Kier alpha value is -2.42. The molecule has 2 unspecified atom stereocenters. The van der Waals surface area contributed by atoms with Gasteiger partial charge in [0.25, 0.3) is 0 Å². The normalized spacial score (nSPS) is 26.0. The van der Waals surface area contributed by atoms with Gasteiger partial charge in [-0.05, 0) is 35.7 Å². The van der Waals surface area contributed by atoms with Crippen LogP contribution in [0.2, 0.25) is 0 Å². The number of aryl methyl sites for hydroxylation is 1. The van der Waals surface area contributed by atoms with Crippen LogP contribution in [0.25, 0.3) is 0 Å². The van der Waals surface area contributed by atoms with E-state index in [1.165, 1.54) is 17.3 Å². The molecule has 2 atom stereocenters. The topological polar surface area (TPSA) is 103 Å². The highest BCUT2D eigenvalue weighted by Gasteiger charge is 2.39. The molecule has 7 nitrogen and oxygen atoms in total. The van der Waals surface area contributed by atoms with Crippen molar-refractivity contribution in [1.29, 1.82) is 10.8 Å². The second kappa shape index (κ2) is 9.16. The van der Waals surface area contributed by atoms with Gasteiger partial charge in [0.05, 0.1) is 22.8 Å². The number of ether oxygens (including phenoxy) is 2. The number of aliphatic imine (C=N–C) groups is 1. The molecule has 0 saturated heterocycles. The summed E-state index contributed by atoms with van der Waals surface area (Å²) in [6, 6.07) is 10.4. The largest absolute Gasteiger partial charge is 0.378 e. The van der Waals surface area contributed by atoms with Crippen molar-refractivity contribution in [2.75, 3.05) is 20.8 Å². The lowest BCUT2D eigenvalue weighted by atomic mass is 9.87. The number of amidine groups is 3. The summed E-state index contributed by atoms with van der Waals surface area (Å²) >= 11 is 1.46. The van der Waals surface area contributed by atoms with Gasteiger partial charge in [-0.3, -0.25) is 10.8 Å². The van der Waals surface area contributed by atoms with E-state index in [0.29, 0.717) is 18.7 Å². The third-order valence-electron chi connectivity index (χ3n) is 5.66.